The van der Waals surface area contributed by atoms with Gasteiger partial charge in [-0.05, 0) is 27.2 Å². The highest BCUT2D eigenvalue weighted by Gasteiger charge is 2.46. The first-order valence-electron chi connectivity index (χ1n) is 8.79. The molecule has 0 fully saturated rings. The summed E-state index contributed by atoms with van der Waals surface area (Å²) in [5.41, 5.74) is -0.00506. The van der Waals surface area contributed by atoms with Gasteiger partial charge < -0.3 is 24.1 Å². The van der Waals surface area contributed by atoms with Crippen LogP contribution in [0.15, 0.2) is 23.2 Å². The number of carbonyl (C=O) groups is 1. The number of hydrogen-bond donors (Lipinski definition) is 0. The molecular formula is C19H28N2O5. The van der Waals surface area contributed by atoms with Crippen molar-refractivity contribution < 1.29 is 24.1 Å². The number of hydrogen-bond acceptors (Lipinski definition) is 6. The highest BCUT2D eigenvalue weighted by Crippen LogP contribution is 2.36. The quantitative estimate of drug-likeness (QED) is 0.751. The van der Waals surface area contributed by atoms with E-state index in [2.05, 4.69) is 4.99 Å². The number of rotatable bonds is 5. The lowest BCUT2D eigenvalue weighted by atomic mass is 9.97. The predicted molar refractivity (Wildman–Crippen MR) is 98.6 cm³/mol. The lowest BCUT2D eigenvalue weighted by Gasteiger charge is -2.41. The highest BCUT2D eigenvalue weighted by atomic mass is 16.5. The number of carboxylic acid groups (broad SMARTS) is 1. The Kier molecular flexibility index (Phi) is 5.81. The van der Waals surface area contributed by atoms with Crippen molar-refractivity contribution >= 4 is 17.8 Å². The van der Waals surface area contributed by atoms with Gasteiger partial charge in [0, 0.05) is 24.6 Å². The SMILES string of the molecule is CCC[N+](C(=O)[O-])(C1=NC(C)(C)CC(C)O1)c1cc(OC)cc(OC)c1. The predicted octanol–water partition coefficient (Wildman–Crippen LogP) is 2.71. The third-order valence-electron chi connectivity index (χ3n) is 4.47. The second-order valence-electron chi connectivity index (χ2n) is 7.21. The Balaban J connectivity index is 2.75. The molecule has 0 aromatic heterocycles. The van der Waals surface area contributed by atoms with E-state index in [1.165, 1.54) is 14.2 Å². The van der Waals surface area contributed by atoms with Crippen LogP contribution in [0.3, 0.4) is 0 Å². The van der Waals surface area contributed by atoms with Crippen molar-refractivity contribution in [2.75, 3.05) is 20.8 Å². The van der Waals surface area contributed by atoms with Crippen molar-refractivity contribution in [3.63, 3.8) is 0 Å². The molecule has 1 aromatic rings. The van der Waals surface area contributed by atoms with E-state index in [-0.39, 0.29) is 18.7 Å². The Bertz CT molecular complexity index is 679. The van der Waals surface area contributed by atoms with Crippen LogP contribution in [0.2, 0.25) is 0 Å². The zero-order chi connectivity index (χ0) is 19.5. The molecule has 2 atom stereocenters. The summed E-state index contributed by atoms with van der Waals surface area (Å²) in [6.45, 7) is 7.99. The van der Waals surface area contributed by atoms with Crippen molar-refractivity contribution in [3.8, 4) is 11.5 Å². The monoisotopic (exact) mass is 364 g/mol. The molecule has 0 spiro atoms. The van der Waals surface area contributed by atoms with Crippen LogP contribution >= 0.6 is 0 Å². The van der Waals surface area contributed by atoms with Gasteiger partial charge in [0.15, 0.2) is 5.69 Å². The van der Waals surface area contributed by atoms with Crippen LogP contribution < -0.4 is 19.1 Å². The van der Waals surface area contributed by atoms with Gasteiger partial charge in [0.1, 0.15) is 17.6 Å². The summed E-state index contributed by atoms with van der Waals surface area (Å²) in [6.07, 6.45) is -0.161. The first-order valence-corrected chi connectivity index (χ1v) is 8.79. The molecule has 0 bridgehead atoms. The minimum atomic E-state index is -1.30. The Labute approximate surface area is 154 Å². The molecule has 1 amide bonds. The molecule has 0 aliphatic carbocycles. The molecular weight excluding hydrogens is 336 g/mol. The average Bonchev–Trinajstić information content (AvgIpc) is 2.56. The number of carbonyl (C=O) groups excluding carboxylic acids is 1. The van der Waals surface area contributed by atoms with E-state index < -0.39 is 16.1 Å². The largest absolute Gasteiger partial charge is 0.497 e. The summed E-state index contributed by atoms with van der Waals surface area (Å²) in [6, 6.07) is 5.14. The van der Waals surface area contributed by atoms with Crippen LogP contribution in [0, 0.1) is 0 Å². The fourth-order valence-electron chi connectivity index (χ4n) is 3.39. The fourth-order valence-corrected chi connectivity index (χ4v) is 3.39. The topological polar surface area (TPSA) is 80.2 Å². The second-order valence-corrected chi connectivity index (χ2v) is 7.21. The molecule has 0 radical (unpaired) electrons. The molecule has 26 heavy (non-hydrogen) atoms. The van der Waals surface area contributed by atoms with E-state index in [1.807, 2.05) is 27.7 Å². The van der Waals surface area contributed by atoms with Crippen LogP contribution in [0.1, 0.15) is 40.5 Å². The van der Waals surface area contributed by atoms with E-state index in [9.17, 15) is 9.90 Å². The van der Waals surface area contributed by atoms with E-state index in [1.54, 1.807) is 18.2 Å². The van der Waals surface area contributed by atoms with E-state index in [4.69, 9.17) is 14.2 Å². The Morgan fingerprint density at radius 1 is 1.31 bits per heavy atom. The molecule has 1 aromatic carbocycles. The molecule has 1 aliphatic rings. The first kappa shape index (κ1) is 20.0. The van der Waals surface area contributed by atoms with Crippen LogP contribution in [-0.2, 0) is 4.74 Å². The molecule has 7 heteroatoms. The van der Waals surface area contributed by atoms with Gasteiger partial charge in [-0.2, -0.15) is 9.48 Å². The Hall–Kier alpha value is -2.28. The normalized spacial score (nSPS) is 21.2. The Morgan fingerprint density at radius 3 is 2.31 bits per heavy atom. The van der Waals surface area contributed by atoms with Crippen LogP contribution in [0.25, 0.3) is 0 Å². The van der Waals surface area contributed by atoms with E-state index in [0.29, 0.717) is 30.0 Å². The molecule has 1 heterocycles. The fraction of sp³-hybridized carbons (Fsp3) is 0.579. The zero-order valence-corrected chi connectivity index (χ0v) is 16.4. The summed E-state index contributed by atoms with van der Waals surface area (Å²) >= 11 is 0. The molecule has 0 saturated heterocycles. The number of benzene rings is 1. The molecule has 0 saturated carbocycles. The summed E-state index contributed by atoms with van der Waals surface area (Å²) in [5, 5.41) is 12.4. The van der Waals surface area contributed by atoms with Crippen LogP contribution in [0.5, 0.6) is 11.5 Å². The Morgan fingerprint density at radius 2 is 1.88 bits per heavy atom. The lowest BCUT2D eigenvalue weighted by molar-refractivity contribution is -0.260. The van der Waals surface area contributed by atoms with Gasteiger partial charge in [-0.3, -0.25) is 0 Å². The molecule has 0 N–H and O–H groups in total. The maximum Gasteiger partial charge on any atom is 0.406 e. The first-order chi connectivity index (χ1) is 12.2. The lowest BCUT2D eigenvalue weighted by Crippen LogP contribution is -2.66. The number of nitrogens with zero attached hydrogens (tertiary/aromatic N) is 2. The van der Waals surface area contributed by atoms with E-state index in [0.717, 1.165) is 0 Å². The van der Waals surface area contributed by atoms with Gasteiger partial charge in [0.25, 0.3) is 6.09 Å². The van der Waals surface area contributed by atoms with Gasteiger partial charge in [0.2, 0.25) is 0 Å². The number of aliphatic imine (C=N–C) groups is 1. The minimum Gasteiger partial charge on any atom is -0.497 e. The maximum absolute atomic E-state index is 12.4. The summed E-state index contributed by atoms with van der Waals surface area (Å²) in [7, 11) is 3.04. The molecule has 7 nitrogen and oxygen atoms in total. The molecule has 2 unspecified atom stereocenters. The minimum absolute atomic E-state index is 0.130. The van der Waals surface area contributed by atoms with Gasteiger partial charge in [0.05, 0.1) is 26.3 Å². The summed E-state index contributed by atoms with van der Waals surface area (Å²) in [5.74, 6) is 0.978. The van der Waals surface area contributed by atoms with Crippen LogP contribution in [-0.4, -0.2) is 44.5 Å². The summed E-state index contributed by atoms with van der Waals surface area (Å²) < 4.78 is 15.9. The smallest absolute Gasteiger partial charge is 0.406 e. The maximum atomic E-state index is 12.4. The zero-order valence-electron chi connectivity index (χ0n) is 16.4. The summed E-state index contributed by atoms with van der Waals surface area (Å²) in [4.78, 5) is 17.1. The van der Waals surface area contributed by atoms with Gasteiger partial charge in [-0.15, -0.1) is 0 Å². The number of amides is 1. The van der Waals surface area contributed by atoms with Crippen molar-refractivity contribution in [2.45, 2.75) is 52.2 Å². The molecule has 1 aliphatic heterocycles. The number of amidine groups is 1. The number of methoxy groups -OCH3 is 2. The van der Waals surface area contributed by atoms with Crippen molar-refractivity contribution in [2.24, 2.45) is 4.99 Å². The average molecular weight is 364 g/mol. The highest BCUT2D eigenvalue weighted by molar-refractivity contribution is 6.04. The number of quaternary nitrogens is 1. The van der Waals surface area contributed by atoms with Gasteiger partial charge in [-0.25, -0.2) is 0 Å². The van der Waals surface area contributed by atoms with Gasteiger partial charge in [-0.1, -0.05) is 6.92 Å². The standard InChI is InChI=1S/C19H28N2O5/c1-7-8-21(18(22)23,17-20-19(3,4)12-13(2)26-17)14-9-15(24-5)11-16(10-14)25-6/h9-11,13H,7-8,12H2,1-6H3. The third-order valence-corrected chi connectivity index (χ3v) is 4.47. The second kappa shape index (κ2) is 7.53. The number of ether oxygens (including phenoxy) is 3. The van der Waals surface area contributed by atoms with Crippen LogP contribution in [0.4, 0.5) is 10.5 Å². The molecule has 144 valence electrons. The molecule has 2 rings (SSSR count). The van der Waals surface area contributed by atoms with Crippen molar-refractivity contribution in [1.82, 2.24) is 4.48 Å². The third kappa shape index (κ3) is 3.77. The van der Waals surface area contributed by atoms with Crippen molar-refractivity contribution in [1.29, 1.82) is 0 Å². The van der Waals surface area contributed by atoms with Crippen molar-refractivity contribution in [3.05, 3.63) is 18.2 Å². The van der Waals surface area contributed by atoms with E-state index >= 15 is 0 Å². The van der Waals surface area contributed by atoms with Gasteiger partial charge >= 0.3 is 6.02 Å².